The summed E-state index contributed by atoms with van der Waals surface area (Å²) in [5.41, 5.74) is 7.59. The summed E-state index contributed by atoms with van der Waals surface area (Å²) in [6.07, 6.45) is 2.38. The SMILES string of the molecule is Cc1ccc(C(=O)NC(CN)C2CC2)cc1I.Cl. The molecule has 2 rings (SSSR count). The highest BCUT2D eigenvalue weighted by Gasteiger charge is 2.31. The third kappa shape index (κ3) is 3.83. The molecule has 0 aliphatic heterocycles. The van der Waals surface area contributed by atoms with Gasteiger partial charge in [0.2, 0.25) is 0 Å². The van der Waals surface area contributed by atoms with E-state index in [1.165, 1.54) is 18.4 Å². The fourth-order valence-corrected chi connectivity index (χ4v) is 2.37. The van der Waals surface area contributed by atoms with E-state index in [4.69, 9.17) is 5.73 Å². The molecule has 0 radical (unpaired) electrons. The van der Waals surface area contributed by atoms with Crippen molar-refractivity contribution in [3.63, 3.8) is 0 Å². The number of hydrogen-bond acceptors (Lipinski definition) is 2. The summed E-state index contributed by atoms with van der Waals surface area (Å²) in [5.74, 6) is 0.582. The second-order valence-electron chi connectivity index (χ2n) is 4.62. The van der Waals surface area contributed by atoms with Crippen LogP contribution in [0.4, 0.5) is 0 Å². The molecule has 1 aromatic rings. The summed E-state index contributed by atoms with van der Waals surface area (Å²) in [6.45, 7) is 2.57. The molecule has 0 bridgehead atoms. The van der Waals surface area contributed by atoms with Gasteiger partial charge in [0.05, 0.1) is 0 Å². The fraction of sp³-hybridized carbons (Fsp3) is 0.462. The van der Waals surface area contributed by atoms with Crippen LogP contribution in [0.1, 0.15) is 28.8 Å². The fourth-order valence-electron chi connectivity index (χ4n) is 1.85. The summed E-state index contributed by atoms with van der Waals surface area (Å²) in [6, 6.07) is 5.91. The van der Waals surface area contributed by atoms with Gasteiger partial charge in [0.25, 0.3) is 5.91 Å². The largest absolute Gasteiger partial charge is 0.348 e. The van der Waals surface area contributed by atoms with E-state index in [1.807, 2.05) is 25.1 Å². The van der Waals surface area contributed by atoms with E-state index in [0.717, 1.165) is 9.13 Å². The van der Waals surface area contributed by atoms with E-state index in [9.17, 15) is 4.79 Å². The molecular formula is C13H18ClIN2O. The average Bonchev–Trinajstić information content (AvgIpc) is 3.13. The molecule has 18 heavy (non-hydrogen) atoms. The van der Waals surface area contributed by atoms with E-state index < -0.39 is 0 Å². The van der Waals surface area contributed by atoms with Crippen molar-refractivity contribution in [3.8, 4) is 0 Å². The Bertz CT molecular complexity index is 435. The second-order valence-corrected chi connectivity index (χ2v) is 5.78. The molecule has 0 spiro atoms. The van der Waals surface area contributed by atoms with E-state index in [1.54, 1.807) is 0 Å². The zero-order chi connectivity index (χ0) is 12.4. The maximum atomic E-state index is 12.0. The zero-order valence-corrected chi connectivity index (χ0v) is 13.3. The minimum atomic E-state index is -0.00901. The Hall–Kier alpha value is -0.330. The number of carbonyl (C=O) groups excluding carboxylic acids is 1. The lowest BCUT2D eigenvalue weighted by Gasteiger charge is -2.16. The van der Waals surface area contributed by atoms with Gasteiger partial charge in [-0.25, -0.2) is 0 Å². The van der Waals surface area contributed by atoms with E-state index in [2.05, 4.69) is 27.9 Å². The first-order valence-electron chi connectivity index (χ1n) is 5.89. The highest BCUT2D eigenvalue weighted by molar-refractivity contribution is 14.1. The molecule has 100 valence electrons. The molecule has 1 aliphatic rings. The quantitative estimate of drug-likeness (QED) is 0.789. The van der Waals surface area contributed by atoms with Crippen molar-refractivity contribution in [2.75, 3.05) is 6.54 Å². The van der Waals surface area contributed by atoms with Gasteiger partial charge in [-0.2, -0.15) is 0 Å². The first-order valence-corrected chi connectivity index (χ1v) is 6.96. The van der Waals surface area contributed by atoms with E-state index >= 15 is 0 Å². The van der Waals surface area contributed by atoms with E-state index in [0.29, 0.717) is 12.5 Å². The number of rotatable bonds is 4. The molecular weight excluding hydrogens is 363 g/mol. The van der Waals surface area contributed by atoms with Crippen molar-refractivity contribution in [1.29, 1.82) is 0 Å². The van der Waals surface area contributed by atoms with Crippen LogP contribution >= 0.6 is 35.0 Å². The van der Waals surface area contributed by atoms with E-state index in [-0.39, 0.29) is 24.4 Å². The van der Waals surface area contributed by atoms with Gasteiger partial charge in [-0.1, -0.05) is 6.07 Å². The molecule has 1 aromatic carbocycles. The maximum Gasteiger partial charge on any atom is 0.251 e. The van der Waals surface area contributed by atoms with Gasteiger partial charge in [0.1, 0.15) is 0 Å². The van der Waals surface area contributed by atoms with Crippen molar-refractivity contribution in [3.05, 3.63) is 32.9 Å². The van der Waals surface area contributed by atoms with Crippen LogP contribution in [0.25, 0.3) is 0 Å². The van der Waals surface area contributed by atoms with Crippen LogP contribution in [0.2, 0.25) is 0 Å². The predicted molar refractivity (Wildman–Crippen MR) is 84.2 cm³/mol. The second kappa shape index (κ2) is 6.73. The average molecular weight is 381 g/mol. The highest BCUT2D eigenvalue weighted by atomic mass is 127. The third-order valence-electron chi connectivity index (χ3n) is 3.20. The highest BCUT2D eigenvalue weighted by Crippen LogP contribution is 2.32. The van der Waals surface area contributed by atoms with Gasteiger partial charge >= 0.3 is 0 Å². The number of amides is 1. The van der Waals surface area contributed by atoms with Gasteiger partial charge in [-0.05, 0) is 66.0 Å². The molecule has 1 aliphatic carbocycles. The van der Waals surface area contributed by atoms with Crippen molar-refractivity contribution >= 4 is 40.9 Å². The number of aryl methyl sites for hydroxylation is 1. The Kier molecular flexibility index (Phi) is 5.88. The monoisotopic (exact) mass is 380 g/mol. The lowest BCUT2D eigenvalue weighted by atomic mass is 10.1. The Morgan fingerprint density at radius 1 is 1.56 bits per heavy atom. The number of nitrogens with two attached hydrogens (primary N) is 1. The maximum absolute atomic E-state index is 12.0. The van der Waals surface area contributed by atoms with Crippen molar-refractivity contribution < 1.29 is 4.79 Å². The molecule has 0 aromatic heterocycles. The predicted octanol–water partition coefficient (Wildman–Crippen LogP) is 2.49. The minimum Gasteiger partial charge on any atom is -0.348 e. The first-order chi connectivity index (χ1) is 8.11. The molecule has 3 nitrogen and oxygen atoms in total. The van der Waals surface area contributed by atoms with Crippen molar-refractivity contribution in [1.82, 2.24) is 5.32 Å². The lowest BCUT2D eigenvalue weighted by molar-refractivity contribution is 0.0933. The topological polar surface area (TPSA) is 55.1 Å². The Morgan fingerprint density at radius 2 is 2.22 bits per heavy atom. The number of benzene rings is 1. The van der Waals surface area contributed by atoms with Gasteiger partial charge in [-0.3, -0.25) is 4.79 Å². The van der Waals surface area contributed by atoms with Crippen LogP contribution in [0.15, 0.2) is 18.2 Å². The molecule has 3 N–H and O–H groups in total. The number of carbonyl (C=O) groups is 1. The van der Waals surface area contributed by atoms with Gasteiger partial charge in [0, 0.05) is 21.7 Å². The van der Waals surface area contributed by atoms with Crippen molar-refractivity contribution in [2.24, 2.45) is 11.7 Å². The Morgan fingerprint density at radius 3 is 2.72 bits per heavy atom. The van der Waals surface area contributed by atoms with Gasteiger partial charge in [0.15, 0.2) is 0 Å². The molecule has 1 fully saturated rings. The first kappa shape index (κ1) is 15.7. The Labute approximate surface area is 127 Å². The van der Waals surface area contributed by atoms with Crippen LogP contribution in [-0.2, 0) is 0 Å². The summed E-state index contributed by atoms with van der Waals surface area (Å²) in [5, 5.41) is 3.02. The number of nitrogens with one attached hydrogen (secondary N) is 1. The number of halogens is 2. The van der Waals surface area contributed by atoms with Gasteiger partial charge in [-0.15, -0.1) is 12.4 Å². The van der Waals surface area contributed by atoms with Crippen molar-refractivity contribution in [2.45, 2.75) is 25.8 Å². The van der Waals surface area contributed by atoms with Crippen LogP contribution in [0, 0.1) is 16.4 Å². The molecule has 1 unspecified atom stereocenters. The Balaban J connectivity index is 0.00000162. The van der Waals surface area contributed by atoms with Crippen LogP contribution in [0.3, 0.4) is 0 Å². The summed E-state index contributed by atoms with van der Waals surface area (Å²) < 4.78 is 1.12. The smallest absolute Gasteiger partial charge is 0.251 e. The summed E-state index contributed by atoms with van der Waals surface area (Å²) in [4.78, 5) is 12.0. The molecule has 1 saturated carbocycles. The normalized spacial score (nSPS) is 15.7. The summed E-state index contributed by atoms with van der Waals surface area (Å²) >= 11 is 2.25. The van der Waals surface area contributed by atoms with Crippen LogP contribution in [-0.4, -0.2) is 18.5 Å². The lowest BCUT2D eigenvalue weighted by Crippen LogP contribution is -2.41. The molecule has 1 atom stereocenters. The molecule has 1 amide bonds. The zero-order valence-electron chi connectivity index (χ0n) is 10.3. The standard InChI is InChI=1S/C13H17IN2O.ClH/c1-8-2-3-10(6-11(8)14)13(17)16-12(7-15)9-4-5-9;/h2-3,6,9,12H,4-5,7,15H2,1H3,(H,16,17);1H. The summed E-state index contributed by atoms with van der Waals surface area (Å²) in [7, 11) is 0. The molecule has 0 saturated heterocycles. The molecule has 5 heteroatoms. The molecule has 0 heterocycles. The number of hydrogen-bond donors (Lipinski definition) is 2. The van der Waals surface area contributed by atoms with Gasteiger partial charge < -0.3 is 11.1 Å². The minimum absolute atomic E-state index is 0. The third-order valence-corrected chi connectivity index (χ3v) is 4.36. The van der Waals surface area contributed by atoms with Crippen LogP contribution < -0.4 is 11.1 Å². The van der Waals surface area contributed by atoms with Crippen LogP contribution in [0.5, 0.6) is 0 Å².